The fraction of sp³-hybridized carbons (Fsp3) is 0.188. The van der Waals surface area contributed by atoms with Crippen LogP contribution in [0.15, 0.2) is 59.5 Å². The highest BCUT2D eigenvalue weighted by molar-refractivity contribution is 7.91. The number of hydrogen-bond acceptors (Lipinski definition) is 5. The lowest BCUT2D eigenvalue weighted by Crippen LogP contribution is -2.23. The van der Waals surface area contributed by atoms with Gasteiger partial charge in [-0.15, -0.1) is 0 Å². The number of anilines is 1. The molecule has 2 aromatic rings. The Morgan fingerprint density at radius 3 is 2.04 bits per heavy atom. The molecule has 0 spiro atoms. The van der Waals surface area contributed by atoms with Crippen LogP contribution in [0, 0.1) is 0 Å². The molecular formula is C16H17NO5S2. The second-order valence-electron chi connectivity index (χ2n) is 5.36. The van der Waals surface area contributed by atoms with Gasteiger partial charge in [0.1, 0.15) is 5.75 Å². The SMILES string of the molecule is CS(=O)(=O)c1ccc(NC(=O)CS(=O)(=O)Cc2ccccc2)cc1. The van der Waals surface area contributed by atoms with Crippen LogP contribution in [0.25, 0.3) is 0 Å². The zero-order valence-corrected chi connectivity index (χ0v) is 14.6. The quantitative estimate of drug-likeness (QED) is 0.837. The van der Waals surface area contributed by atoms with Gasteiger partial charge in [0.25, 0.3) is 0 Å². The molecule has 0 bridgehead atoms. The number of amides is 1. The van der Waals surface area contributed by atoms with E-state index in [1.54, 1.807) is 30.3 Å². The van der Waals surface area contributed by atoms with Gasteiger partial charge < -0.3 is 5.32 Å². The van der Waals surface area contributed by atoms with Crippen molar-refractivity contribution in [1.29, 1.82) is 0 Å². The zero-order valence-electron chi connectivity index (χ0n) is 13.0. The lowest BCUT2D eigenvalue weighted by molar-refractivity contribution is -0.113. The molecule has 0 saturated carbocycles. The summed E-state index contributed by atoms with van der Waals surface area (Å²) in [6.07, 6.45) is 1.08. The van der Waals surface area contributed by atoms with E-state index in [4.69, 9.17) is 0 Å². The van der Waals surface area contributed by atoms with Crippen molar-refractivity contribution < 1.29 is 21.6 Å². The van der Waals surface area contributed by atoms with E-state index in [1.165, 1.54) is 24.3 Å². The third-order valence-corrected chi connectivity index (χ3v) is 5.75. The summed E-state index contributed by atoms with van der Waals surface area (Å²) in [6.45, 7) is 0. The highest BCUT2D eigenvalue weighted by atomic mass is 32.2. The van der Waals surface area contributed by atoms with E-state index in [0.717, 1.165) is 6.26 Å². The molecule has 1 N–H and O–H groups in total. The second-order valence-corrected chi connectivity index (χ2v) is 9.44. The fourth-order valence-electron chi connectivity index (χ4n) is 2.06. The third-order valence-electron chi connectivity index (χ3n) is 3.15. The molecule has 0 saturated heterocycles. The Balaban J connectivity index is 2.00. The Kier molecular flexibility index (Phi) is 5.40. The van der Waals surface area contributed by atoms with Gasteiger partial charge >= 0.3 is 0 Å². The van der Waals surface area contributed by atoms with E-state index < -0.39 is 31.3 Å². The zero-order chi connectivity index (χ0) is 17.8. The monoisotopic (exact) mass is 367 g/mol. The van der Waals surface area contributed by atoms with Crippen LogP contribution in [0.5, 0.6) is 0 Å². The van der Waals surface area contributed by atoms with Crippen molar-refractivity contribution in [3.8, 4) is 0 Å². The van der Waals surface area contributed by atoms with Crippen LogP contribution in [0.3, 0.4) is 0 Å². The molecule has 24 heavy (non-hydrogen) atoms. The second kappa shape index (κ2) is 7.14. The maximum Gasteiger partial charge on any atom is 0.239 e. The molecule has 0 aliphatic heterocycles. The van der Waals surface area contributed by atoms with Crippen molar-refractivity contribution in [2.75, 3.05) is 17.3 Å². The number of sulfone groups is 2. The summed E-state index contributed by atoms with van der Waals surface area (Å²) in [7, 11) is -6.91. The van der Waals surface area contributed by atoms with Crippen LogP contribution in [0.1, 0.15) is 5.56 Å². The molecule has 0 fully saturated rings. The fourth-order valence-corrected chi connectivity index (χ4v) is 3.97. The molecule has 2 aromatic carbocycles. The molecule has 1 amide bonds. The summed E-state index contributed by atoms with van der Waals surface area (Å²) in [4.78, 5) is 12.0. The number of nitrogens with one attached hydrogen (secondary N) is 1. The van der Waals surface area contributed by atoms with Crippen molar-refractivity contribution in [1.82, 2.24) is 0 Å². The van der Waals surface area contributed by atoms with Gasteiger partial charge in [-0.3, -0.25) is 4.79 Å². The van der Waals surface area contributed by atoms with E-state index in [-0.39, 0.29) is 10.6 Å². The molecule has 8 heteroatoms. The van der Waals surface area contributed by atoms with Crippen LogP contribution in [0.2, 0.25) is 0 Å². The average Bonchev–Trinajstić information content (AvgIpc) is 2.46. The molecule has 0 atom stereocenters. The van der Waals surface area contributed by atoms with Gasteiger partial charge in [0.05, 0.1) is 10.6 Å². The Morgan fingerprint density at radius 1 is 0.917 bits per heavy atom. The summed E-state index contributed by atoms with van der Waals surface area (Å²) >= 11 is 0. The molecular weight excluding hydrogens is 350 g/mol. The molecule has 2 rings (SSSR count). The number of carbonyl (C=O) groups is 1. The maximum absolute atomic E-state index is 12.0. The predicted octanol–water partition coefficient (Wildman–Crippen LogP) is 1.64. The minimum atomic E-state index is -3.59. The summed E-state index contributed by atoms with van der Waals surface area (Å²) in [5, 5.41) is 2.45. The Bertz CT molecular complexity index is 918. The van der Waals surface area contributed by atoms with E-state index in [0.29, 0.717) is 11.3 Å². The number of rotatable bonds is 6. The van der Waals surface area contributed by atoms with Gasteiger partial charge in [0.15, 0.2) is 19.7 Å². The first-order valence-electron chi connectivity index (χ1n) is 7.00. The van der Waals surface area contributed by atoms with Crippen LogP contribution in [0.4, 0.5) is 5.69 Å². The molecule has 0 aliphatic rings. The van der Waals surface area contributed by atoms with Crippen LogP contribution in [-0.4, -0.2) is 34.8 Å². The van der Waals surface area contributed by atoms with Crippen LogP contribution in [-0.2, 0) is 30.2 Å². The first-order chi connectivity index (χ1) is 11.2. The van der Waals surface area contributed by atoms with Gasteiger partial charge in [-0.2, -0.15) is 0 Å². The summed E-state index contributed by atoms with van der Waals surface area (Å²) in [5.74, 6) is -1.53. The highest BCUT2D eigenvalue weighted by Crippen LogP contribution is 2.14. The smallest absolute Gasteiger partial charge is 0.239 e. The largest absolute Gasteiger partial charge is 0.325 e. The Morgan fingerprint density at radius 2 is 1.50 bits per heavy atom. The van der Waals surface area contributed by atoms with Gasteiger partial charge in [-0.25, -0.2) is 16.8 Å². The van der Waals surface area contributed by atoms with Crippen molar-refractivity contribution in [3.05, 3.63) is 60.2 Å². The van der Waals surface area contributed by atoms with E-state index in [2.05, 4.69) is 5.32 Å². The average molecular weight is 367 g/mol. The molecule has 0 aromatic heterocycles. The van der Waals surface area contributed by atoms with Crippen molar-refractivity contribution in [3.63, 3.8) is 0 Å². The highest BCUT2D eigenvalue weighted by Gasteiger charge is 2.17. The molecule has 0 heterocycles. The van der Waals surface area contributed by atoms with E-state index in [1.807, 2.05) is 0 Å². The molecule has 128 valence electrons. The Labute approximate surface area is 141 Å². The standard InChI is InChI=1S/C16H17NO5S2/c1-23(19,20)15-9-7-14(8-10-15)17-16(18)12-24(21,22)11-13-5-3-2-4-6-13/h2-10H,11-12H2,1H3,(H,17,18). The minimum absolute atomic E-state index is 0.122. The molecule has 0 radical (unpaired) electrons. The van der Waals surface area contributed by atoms with Crippen molar-refractivity contribution >= 4 is 31.3 Å². The van der Waals surface area contributed by atoms with E-state index in [9.17, 15) is 21.6 Å². The van der Waals surface area contributed by atoms with Gasteiger partial charge in [0.2, 0.25) is 5.91 Å². The summed E-state index contributed by atoms with van der Waals surface area (Å²) in [5.41, 5.74) is 0.949. The summed E-state index contributed by atoms with van der Waals surface area (Å²) in [6, 6.07) is 14.1. The molecule has 0 unspecified atom stereocenters. The minimum Gasteiger partial charge on any atom is -0.325 e. The van der Waals surface area contributed by atoms with Crippen molar-refractivity contribution in [2.24, 2.45) is 0 Å². The first-order valence-corrected chi connectivity index (χ1v) is 10.7. The van der Waals surface area contributed by atoms with Gasteiger partial charge in [0, 0.05) is 11.9 Å². The van der Waals surface area contributed by atoms with Gasteiger partial charge in [-0.1, -0.05) is 30.3 Å². The predicted molar refractivity (Wildman–Crippen MR) is 92.1 cm³/mol. The van der Waals surface area contributed by atoms with Crippen molar-refractivity contribution in [2.45, 2.75) is 10.6 Å². The molecule has 0 aliphatic carbocycles. The normalized spacial score (nSPS) is 11.9. The third kappa shape index (κ3) is 5.47. The lowest BCUT2D eigenvalue weighted by atomic mass is 10.2. The number of hydrogen-bond donors (Lipinski definition) is 1. The Hall–Kier alpha value is -2.19. The molecule has 6 nitrogen and oxygen atoms in total. The maximum atomic E-state index is 12.0. The summed E-state index contributed by atoms with van der Waals surface area (Å²) < 4.78 is 46.8. The van der Waals surface area contributed by atoms with Crippen LogP contribution >= 0.6 is 0 Å². The van der Waals surface area contributed by atoms with Gasteiger partial charge in [-0.05, 0) is 29.8 Å². The number of benzene rings is 2. The lowest BCUT2D eigenvalue weighted by Gasteiger charge is -2.07. The van der Waals surface area contributed by atoms with Crippen LogP contribution < -0.4 is 5.32 Å². The topological polar surface area (TPSA) is 97.4 Å². The van der Waals surface area contributed by atoms with E-state index >= 15 is 0 Å². The first kappa shape index (κ1) is 18.2. The number of carbonyl (C=O) groups excluding carboxylic acids is 1.